The number of hydrogen-bond acceptors (Lipinski definition) is 3. The molecule has 114 valence electrons. The molecule has 2 rings (SSSR count). The maximum absolute atomic E-state index is 5.71. The highest BCUT2D eigenvalue weighted by atomic mass is 16.3. The Labute approximate surface area is 123 Å². The van der Waals surface area contributed by atoms with E-state index in [1.807, 2.05) is 6.26 Å². The van der Waals surface area contributed by atoms with Crippen molar-refractivity contribution in [2.24, 2.45) is 11.8 Å². The van der Waals surface area contributed by atoms with Crippen molar-refractivity contribution in [1.29, 1.82) is 0 Å². The molecule has 0 saturated carbocycles. The predicted molar refractivity (Wildman–Crippen MR) is 83.5 cm³/mol. The summed E-state index contributed by atoms with van der Waals surface area (Å²) in [7, 11) is 0. The molecular formula is C17H30N2O. The number of nitrogens with zero attached hydrogens (tertiary/aromatic N) is 1. The summed E-state index contributed by atoms with van der Waals surface area (Å²) in [4.78, 5) is 2.52. The van der Waals surface area contributed by atoms with Gasteiger partial charge in [0.05, 0.1) is 12.8 Å². The first-order valence-corrected chi connectivity index (χ1v) is 7.87. The Balaban J connectivity index is 1.84. The molecule has 1 fully saturated rings. The second-order valence-electron chi connectivity index (χ2n) is 7.50. The molecule has 2 unspecified atom stereocenters. The number of rotatable bonds is 4. The van der Waals surface area contributed by atoms with Crippen LogP contribution in [0.4, 0.5) is 0 Å². The predicted octanol–water partition coefficient (Wildman–Crippen LogP) is 3.65. The molecular weight excluding hydrogens is 248 g/mol. The minimum Gasteiger partial charge on any atom is -0.468 e. The van der Waals surface area contributed by atoms with Crippen LogP contribution in [0.15, 0.2) is 16.7 Å². The third-order valence-corrected chi connectivity index (χ3v) is 4.33. The average molecular weight is 278 g/mol. The number of furan rings is 1. The molecule has 2 heterocycles. The van der Waals surface area contributed by atoms with E-state index in [1.54, 1.807) is 0 Å². The van der Waals surface area contributed by atoms with Crippen LogP contribution in [0.5, 0.6) is 0 Å². The van der Waals surface area contributed by atoms with E-state index in [9.17, 15) is 0 Å². The van der Waals surface area contributed by atoms with Gasteiger partial charge >= 0.3 is 0 Å². The minimum atomic E-state index is 0.149. The van der Waals surface area contributed by atoms with Gasteiger partial charge in [-0.1, -0.05) is 13.8 Å². The molecule has 1 aromatic heterocycles. The van der Waals surface area contributed by atoms with Crippen LogP contribution < -0.4 is 5.32 Å². The van der Waals surface area contributed by atoms with Crippen molar-refractivity contribution in [1.82, 2.24) is 10.2 Å². The van der Waals surface area contributed by atoms with Crippen LogP contribution in [-0.2, 0) is 13.1 Å². The van der Waals surface area contributed by atoms with Crippen molar-refractivity contribution >= 4 is 0 Å². The standard InChI is InChI=1S/C17H30N2O/c1-13-6-7-19(10-14(13)2)11-16-8-15(12-20-16)9-18-17(3,4)5/h8,12-14,18H,6-7,9-11H2,1-5H3. The first-order valence-electron chi connectivity index (χ1n) is 7.87. The van der Waals surface area contributed by atoms with Gasteiger partial charge in [-0.25, -0.2) is 0 Å². The fourth-order valence-electron chi connectivity index (χ4n) is 2.68. The summed E-state index contributed by atoms with van der Waals surface area (Å²) in [5.41, 5.74) is 1.39. The van der Waals surface area contributed by atoms with Crippen LogP contribution in [0.3, 0.4) is 0 Å². The van der Waals surface area contributed by atoms with Gasteiger partial charge in [0.15, 0.2) is 0 Å². The highest BCUT2D eigenvalue weighted by Gasteiger charge is 2.23. The number of hydrogen-bond donors (Lipinski definition) is 1. The Morgan fingerprint density at radius 2 is 2.05 bits per heavy atom. The zero-order valence-corrected chi connectivity index (χ0v) is 13.7. The summed E-state index contributed by atoms with van der Waals surface area (Å²) in [6.45, 7) is 15.5. The van der Waals surface area contributed by atoms with Gasteiger partial charge in [-0.15, -0.1) is 0 Å². The number of piperidine rings is 1. The fraction of sp³-hybridized carbons (Fsp3) is 0.765. The number of likely N-dealkylation sites (tertiary alicyclic amines) is 1. The summed E-state index contributed by atoms with van der Waals surface area (Å²) in [6.07, 6.45) is 3.20. The lowest BCUT2D eigenvalue weighted by Crippen LogP contribution is -2.37. The monoisotopic (exact) mass is 278 g/mol. The molecule has 0 spiro atoms. The average Bonchev–Trinajstić information content (AvgIpc) is 2.78. The molecule has 20 heavy (non-hydrogen) atoms. The van der Waals surface area contributed by atoms with Crippen LogP contribution in [0.25, 0.3) is 0 Å². The Hall–Kier alpha value is -0.800. The second kappa shape index (κ2) is 6.31. The highest BCUT2D eigenvalue weighted by Crippen LogP contribution is 2.24. The van der Waals surface area contributed by atoms with E-state index in [0.717, 1.165) is 30.7 Å². The van der Waals surface area contributed by atoms with Crippen LogP contribution in [0, 0.1) is 11.8 Å². The van der Waals surface area contributed by atoms with Crippen LogP contribution in [-0.4, -0.2) is 23.5 Å². The molecule has 0 aliphatic carbocycles. The lowest BCUT2D eigenvalue weighted by molar-refractivity contribution is 0.124. The maximum Gasteiger partial charge on any atom is 0.118 e. The van der Waals surface area contributed by atoms with Gasteiger partial charge in [-0.2, -0.15) is 0 Å². The third kappa shape index (κ3) is 4.64. The third-order valence-electron chi connectivity index (χ3n) is 4.33. The molecule has 1 N–H and O–H groups in total. The summed E-state index contributed by atoms with van der Waals surface area (Å²) < 4.78 is 5.71. The molecule has 0 radical (unpaired) electrons. The van der Waals surface area contributed by atoms with Gasteiger partial charge < -0.3 is 9.73 Å². The largest absolute Gasteiger partial charge is 0.468 e. The molecule has 0 amide bonds. The van der Waals surface area contributed by atoms with Crippen molar-refractivity contribution in [2.75, 3.05) is 13.1 Å². The number of nitrogens with one attached hydrogen (secondary N) is 1. The molecule has 1 aliphatic rings. The molecule has 0 bridgehead atoms. The highest BCUT2D eigenvalue weighted by molar-refractivity contribution is 5.13. The molecule has 0 aromatic carbocycles. The summed E-state index contributed by atoms with van der Waals surface area (Å²) >= 11 is 0. The SMILES string of the molecule is CC1CCN(Cc2cc(CNC(C)(C)C)co2)CC1C. The zero-order valence-electron chi connectivity index (χ0n) is 13.7. The summed E-state index contributed by atoms with van der Waals surface area (Å²) in [6, 6.07) is 2.20. The van der Waals surface area contributed by atoms with Crippen molar-refractivity contribution in [2.45, 2.75) is 59.7 Å². The smallest absolute Gasteiger partial charge is 0.118 e. The molecule has 2 atom stereocenters. The maximum atomic E-state index is 5.71. The van der Waals surface area contributed by atoms with Crippen LogP contribution >= 0.6 is 0 Å². The first-order chi connectivity index (χ1) is 9.33. The van der Waals surface area contributed by atoms with Crippen molar-refractivity contribution in [3.63, 3.8) is 0 Å². The van der Waals surface area contributed by atoms with E-state index in [2.05, 4.69) is 50.9 Å². The fourth-order valence-corrected chi connectivity index (χ4v) is 2.68. The van der Waals surface area contributed by atoms with Crippen LogP contribution in [0.2, 0.25) is 0 Å². The van der Waals surface area contributed by atoms with Gasteiger partial charge in [-0.3, -0.25) is 4.90 Å². The summed E-state index contributed by atoms with van der Waals surface area (Å²) in [5.74, 6) is 2.74. The molecule has 1 saturated heterocycles. The van der Waals surface area contributed by atoms with Gasteiger partial charge in [0, 0.05) is 24.2 Å². The van der Waals surface area contributed by atoms with E-state index in [4.69, 9.17) is 4.42 Å². The van der Waals surface area contributed by atoms with Gasteiger partial charge in [0.2, 0.25) is 0 Å². The summed E-state index contributed by atoms with van der Waals surface area (Å²) in [5, 5.41) is 3.49. The van der Waals surface area contributed by atoms with Crippen molar-refractivity contribution in [3.8, 4) is 0 Å². The molecule has 3 heteroatoms. The van der Waals surface area contributed by atoms with Gasteiger partial charge in [0.25, 0.3) is 0 Å². The molecule has 1 aromatic rings. The first kappa shape index (κ1) is 15.6. The van der Waals surface area contributed by atoms with Crippen LogP contribution in [0.1, 0.15) is 52.4 Å². The Morgan fingerprint density at radius 3 is 2.70 bits per heavy atom. The van der Waals surface area contributed by atoms with E-state index in [0.29, 0.717) is 0 Å². The Kier molecular flexibility index (Phi) is 4.92. The van der Waals surface area contributed by atoms with E-state index in [-0.39, 0.29) is 5.54 Å². The van der Waals surface area contributed by atoms with Gasteiger partial charge in [-0.05, 0) is 51.6 Å². The Bertz CT molecular complexity index is 419. The van der Waals surface area contributed by atoms with Crippen molar-refractivity contribution < 1.29 is 4.42 Å². The van der Waals surface area contributed by atoms with E-state index >= 15 is 0 Å². The van der Waals surface area contributed by atoms with E-state index < -0.39 is 0 Å². The lowest BCUT2D eigenvalue weighted by atomic mass is 9.89. The molecule has 3 nitrogen and oxygen atoms in total. The minimum absolute atomic E-state index is 0.149. The lowest BCUT2D eigenvalue weighted by Gasteiger charge is -2.34. The molecule has 1 aliphatic heterocycles. The second-order valence-corrected chi connectivity index (χ2v) is 7.50. The zero-order chi connectivity index (χ0) is 14.8. The normalized spacial score (nSPS) is 25.1. The van der Waals surface area contributed by atoms with E-state index in [1.165, 1.54) is 25.1 Å². The quantitative estimate of drug-likeness (QED) is 0.911. The van der Waals surface area contributed by atoms with Gasteiger partial charge in [0.1, 0.15) is 5.76 Å². The Morgan fingerprint density at radius 1 is 1.30 bits per heavy atom. The van der Waals surface area contributed by atoms with Crippen molar-refractivity contribution in [3.05, 3.63) is 23.7 Å². The topological polar surface area (TPSA) is 28.4 Å².